The highest BCUT2D eigenvalue weighted by molar-refractivity contribution is 6.99. The van der Waals surface area contributed by atoms with Crippen LogP contribution in [0.25, 0.3) is 0 Å². The molecule has 2 N–H and O–H groups in total. The molecule has 0 unspecified atom stereocenters. The summed E-state index contributed by atoms with van der Waals surface area (Å²) in [4.78, 5) is 0. The smallest absolute Gasteiger partial charge is 0.261 e. The summed E-state index contributed by atoms with van der Waals surface area (Å²) in [5.41, 5.74) is 1.07. The number of rotatable bonds is 12. The summed E-state index contributed by atoms with van der Waals surface area (Å²) in [7, 11) is -2.95. The van der Waals surface area contributed by atoms with Gasteiger partial charge in [0.25, 0.3) is 8.32 Å². The van der Waals surface area contributed by atoms with E-state index in [1.165, 1.54) is 0 Å². The maximum Gasteiger partial charge on any atom is 0.261 e. The fourth-order valence-corrected chi connectivity index (χ4v) is 9.39. The molecule has 5 heteroatoms. The topological polar surface area (TPSA) is 58.9 Å². The quantitative estimate of drug-likeness (QED) is 0.294. The molecule has 0 aliphatic rings. The average Bonchev–Trinajstić information content (AvgIpc) is 2.88. The fourth-order valence-electron chi connectivity index (χ4n) is 4.63. The number of benzene rings is 3. The van der Waals surface area contributed by atoms with Crippen LogP contribution in [0.4, 0.5) is 0 Å². The van der Waals surface area contributed by atoms with Gasteiger partial charge in [-0.1, -0.05) is 118 Å². The molecular weight excluding hydrogens is 452 g/mol. The second-order valence-corrected chi connectivity index (χ2v) is 14.1. The Morgan fingerprint density at radius 2 is 1.34 bits per heavy atom. The van der Waals surface area contributed by atoms with Crippen molar-refractivity contribution in [2.24, 2.45) is 5.92 Å². The summed E-state index contributed by atoms with van der Waals surface area (Å²) in [6.07, 6.45) is -0.00801. The largest absolute Gasteiger partial charge is 0.401 e. The first-order valence-electron chi connectivity index (χ1n) is 12.2. The summed E-state index contributed by atoms with van der Waals surface area (Å²) < 4.78 is 13.2. The molecule has 4 nitrogen and oxygen atoms in total. The van der Waals surface area contributed by atoms with E-state index in [4.69, 9.17) is 9.16 Å². The van der Waals surface area contributed by atoms with E-state index in [0.29, 0.717) is 13.2 Å². The Balaban J connectivity index is 2.01. The molecule has 186 valence electrons. The molecule has 3 aromatic rings. The minimum Gasteiger partial charge on any atom is -0.401 e. The predicted molar refractivity (Wildman–Crippen MR) is 145 cm³/mol. The molecule has 0 amide bonds. The van der Waals surface area contributed by atoms with Gasteiger partial charge in [0.15, 0.2) is 0 Å². The Labute approximate surface area is 211 Å². The molecule has 3 rings (SSSR count). The SMILES string of the molecule is C=C[C@H](COCc1ccccc1)[C@H](O[Si](c1ccccc1)(c1ccccc1)C(C)(C)C)[C@H](O)CO. The van der Waals surface area contributed by atoms with Crippen molar-refractivity contribution in [3.8, 4) is 0 Å². The van der Waals surface area contributed by atoms with Crippen molar-refractivity contribution in [3.05, 3.63) is 109 Å². The lowest BCUT2D eigenvalue weighted by molar-refractivity contribution is -0.0442. The zero-order valence-electron chi connectivity index (χ0n) is 21.0. The Morgan fingerprint density at radius 3 is 1.77 bits per heavy atom. The highest BCUT2D eigenvalue weighted by Gasteiger charge is 2.52. The van der Waals surface area contributed by atoms with Crippen LogP contribution in [0, 0.1) is 5.92 Å². The zero-order valence-corrected chi connectivity index (χ0v) is 22.0. The van der Waals surface area contributed by atoms with Crippen molar-refractivity contribution in [1.82, 2.24) is 0 Å². The highest BCUT2D eigenvalue weighted by atomic mass is 28.4. The van der Waals surface area contributed by atoms with E-state index in [2.05, 4.69) is 51.6 Å². The van der Waals surface area contributed by atoms with E-state index in [0.717, 1.165) is 15.9 Å². The minimum absolute atomic E-state index is 0.264. The van der Waals surface area contributed by atoms with E-state index in [-0.39, 0.29) is 11.0 Å². The summed E-state index contributed by atoms with van der Waals surface area (Å²) in [6, 6.07) is 30.5. The maximum atomic E-state index is 11.0. The predicted octanol–water partition coefficient (Wildman–Crippen LogP) is 4.30. The maximum absolute atomic E-state index is 11.0. The third-order valence-corrected chi connectivity index (χ3v) is 11.5. The van der Waals surface area contributed by atoms with Crippen LogP contribution in [0.3, 0.4) is 0 Å². The van der Waals surface area contributed by atoms with Gasteiger partial charge in [0.05, 0.1) is 25.9 Å². The molecule has 0 saturated carbocycles. The number of aliphatic hydroxyl groups is 2. The van der Waals surface area contributed by atoms with Crippen LogP contribution in [-0.4, -0.2) is 44.0 Å². The van der Waals surface area contributed by atoms with Gasteiger partial charge in [0.1, 0.15) is 6.10 Å². The molecule has 35 heavy (non-hydrogen) atoms. The first kappa shape index (κ1) is 27.1. The Kier molecular flexibility index (Phi) is 9.60. The van der Waals surface area contributed by atoms with Gasteiger partial charge >= 0.3 is 0 Å². The van der Waals surface area contributed by atoms with Gasteiger partial charge in [-0.15, -0.1) is 6.58 Å². The third-order valence-electron chi connectivity index (χ3n) is 6.44. The summed E-state index contributed by atoms with van der Waals surface area (Å²) in [5.74, 6) is -0.317. The summed E-state index contributed by atoms with van der Waals surface area (Å²) in [5, 5.41) is 23.0. The number of hydrogen-bond donors (Lipinski definition) is 2. The molecule has 0 radical (unpaired) electrons. The molecule has 0 aromatic heterocycles. The minimum atomic E-state index is -2.95. The molecule has 0 fully saturated rings. The molecule has 0 aliphatic carbocycles. The summed E-state index contributed by atoms with van der Waals surface area (Å²) in [6.45, 7) is 11.0. The third kappa shape index (κ3) is 6.37. The lowest BCUT2D eigenvalue weighted by atomic mass is 9.99. The van der Waals surface area contributed by atoms with Crippen LogP contribution < -0.4 is 10.4 Å². The number of ether oxygens (including phenoxy) is 1. The lowest BCUT2D eigenvalue weighted by Gasteiger charge is -2.47. The van der Waals surface area contributed by atoms with Crippen LogP contribution in [0.2, 0.25) is 5.04 Å². The molecule has 0 saturated heterocycles. The molecule has 0 spiro atoms. The van der Waals surface area contributed by atoms with Crippen molar-refractivity contribution in [2.45, 2.75) is 44.6 Å². The van der Waals surface area contributed by atoms with E-state index in [9.17, 15) is 10.2 Å². The van der Waals surface area contributed by atoms with Gasteiger partial charge in [-0.05, 0) is 21.0 Å². The first-order valence-corrected chi connectivity index (χ1v) is 14.1. The molecule has 0 heterocycles. The van der Waals surface area contributed by atoms with Gasteiger partial charge in [0.2, 0.25) is 0 Å². The zero-order chi connectivity index (χ0) is 25.3. The van der Waals surface area contributed by atoms with E-state index < -0.39 is 27.1 Å². The molecule has 3 atom stereocenters. The Hall–Kier alpha value is -2.54. The van der Waals surface area contributed by atoms with Gasteiger partial charge in [-0.3, -0.25) is 0 Å². The molecule has 0 aliphatic heterocycles. The van der Waals surface area contributed by atoms with E-state index in [1.54, 1.807) is 6.08 Å². The average molecular weight is 491 g/mol. The van der Waals surface area contributed by atoms with E-state index >= 15 is 0 Å². The molecule has 0 bridgehead atoms. The lowest BCUT2D eigenvalue weighted by Crippen LogP contribution is -2.69. The first-order chi connectivity index (χ1) is 16.8. The van der Waals surface area contributed by atoms with Crippen LogP contribution >= 0.6 is 0 Å². The highest BCUT2D eigenvalue weighted by Crippen LogP contribution is 2.39. The Bertz CT molecular complexity index is 979. The Morgan fingerprint density at radius 1 is 0.857 bits per heavy atom. The van der Waals surface area contributed by atoms with Crippen LogP contribution in [0.1, 0.15) is 26.3 Å². The van der Waals surface area contributed by atoms with Crippen molar-refractivity contribution in [3.63, 3.8) is 0 Å². The second kappa shape index (κ2) is 12.4. The van der Waals surface area contributed by atoms with Crippen LogP contribution in [0.15, 0.2) is 104 Å². The fraction of sp³-hybridized carbons (Fsp3) is 0.333. The van der Waals surface area contributed by atoms with Crippen molar-refractivity contribution >= 4 is 18.7 Å². The standard InChI is InChI=1S/C30H38O4Si/c1-5-25(23-33-22-24-15-9-6-10-16-24)29(28(32)21-31)34-35(30(2,3)4,26-17-11-7-12-18-26)27-19-13-8-14-20-27/h5-20,25,28-29,31-32H,1,21-23H2,2-4H3/t25-,28-,29+/m1/s1. The van der Waals surface area contributed by atoms with Crippen LogP contribution in [-0.2, 0) is 15.8 Å². The van der Waals surface area contributed by atoms with Crippen molar-refractivity contribution < 1.29 is 19.4 Å². The monoisotopic (exact) mass is 490 g/mol. The van der Waals surface area contributed by atoms with Crippen molar-refractivity contribution in [2.75, 3.05) is 13.2 Å². The van der Waals surface area contributed by atoms with Crippen LogP contribution in [0.5, 0.6) is 0 Å². The second-order valence-electron chi connectivity index (χ2n) is 9.90. The summed E-state index contributed by atoms with van der Waals surface area (Å²) >= 11 is 0. The van der Waals surface area contributed by atoms with Gasteiger partial charge in [0, 0.05) is 5.92 Å². The van der Waals surface area contributed by atoms with Crippen molar-refractivity contribution in [1.29, 1.82) is 0 Å². The van der Waals surface area contributed by atoms with Gasteiger partial charge in [-0.2, -0.15) is 0 Å². The number of aliphatic hydroxyl groups excluding tert-OH is 2. The van der Waals surface area contributed by atoms with E-state index in [1.807, 2.05) is 66.7 Å². The van der Waals surface area contributed by atoms with Gasteiger partial charge < -0.3 is 19.4 Å². The molecular formula is C30H38O4Si. The normalized spacial score (nSPS) is 14.8. The molecule has 3 aromatic carbocycles. The van der Waals surface area contributed by atoms with Gasteiger partial charge in [-0.25, -0.2) is 0 Å². The number of hydrogen-bond acceptors (Lipinski definition) is 4.